The van der Waals surface area contributed by atoms with Crippen molar-refractivity contribution in [3.05, 3.63) is 12.7 Å². The lowest BCUT2D eigenvalue weighted by Gasteiger charge is -2.13. The molecule has 1 heterocycles. The predicted molar refractivity (Wildman–Crippen MR) is 46.2 cm³/mol. The zero-order valence-corrected chi connectivity index (χ0v) is 7.55. The Balaban J connectivity index is 0.000000640. The van der Waals surface area contributed by atoms with Gasteiger partial charge in [-0.2, -0.15) is 0 Å². The van der Waals surface area contributed by atoms with Gasteiger partial charge in [0.05, 0.1) is 0 Å². The molecular formula is C7H14BrN. The average molecular weight is 192 g/mol. The van der Waals surface area contributed by atoms with E-state index in [1.54, 1.807) is 0 Å². The van der Waals surface area contributed by atoms with Crippen LogP contribution < -0.4 is 0 Å². The summed E-state index contributed by atoms with van der Waals surface area (Å²) in [6, 6.07) is 0.662. The van der Waals surface area contributed by atoms with Gasteiger partial charge in [-0.05, 0) is 26.4 Å². The van der Waals surface area contributed by atoms with Crippen LogP contribution in [0, 0.1) is 0 Å². The lowest BCUT2D eigenvalue weighted by atomic mass is 10.2. The quantitative estimate of drug-likeness (QED) is 0.573. The molecule has 0 radical (unpaired) electrons. The fraction of sp³-hybridized carbons (Fsp3) is 0.714. The lowest BCUT2D eigenvalue weighted by molar-refractivity contribution is 0.357. The summed E-state index contributed by atoms with van der Waals surface area (Å²) in [5.41, 5.74) is 0. The number of hydrogen-bond acceptors (Lipinski definition) is 1. The zero-order chi connectivity index (χ0) is 5.98. The van der Waals surface area contributed by atoms with Gasteiger partial charge in [0.25, 0.3) is 0 Å². The van der Waals surface area contributed by atoms with Crippen LogP contribution in [0.25, 0.3) is 0 Å². The van der Waals surface area contributed by atoms with Crippen LogP contribution in [0.5, 0.6) is 0 Å². The summed E-state index contributed by atoms with van der Waals surface area (Å²) in [7, 11) is 2.15. The Morgan fingerprint density at radius 2 is 2.33 bits per heavy atom. The van der Waals surface area contributed by atoms with Crippen molar-refractivity contribution in [1.29, 1.82) is 0 Å². The Bertz CT molecular complexity index is 92.9. The van der Waals surface area contributed by atoms with Gasteiger partial charge in [-0.3, -0.25) is 4.90 Å². The number of likely N-dealkylation sites (tertiary alicyclic amines) is 1. The molecule has 0 bridgehead atoms. The second-order valence-corrected chi connectivity index (χ2v) is 2.43. The van der Waals surface area contributed by atoms with Gasteiger partial charge in [-0.15, -0.1) is 23.6 Å². The Morgan fingerprint density at radius 3 is 2.56 bits per heavy atom. The minimum atomic E-state index is 0. The molecule has 0 spiro atoms. The summed E-state index contributed by atoms with van der Waals surface area (Å²) in [6.07, 6.45) is 4.68. The molecule has 0 saturated carbocycles. The molecule has 2 heteroatoms. The van der Waals surface area contributed by atoms with E-state index in [0.29, 0.717) is 6.04 Å². The number of likely N-dealkylation sites (N-methyl/N-ethyl adjacent to an activating group) is 1. The highest BCUT2D eigenvalue weighted by atomic mass is 79.9. The summed E-state index contributed by atoms with van der Waals surface area (Å²) in [5, 5.41) is 0. The summed E-state index contributed by atoms with van der Waals surface area (Å²) in [5.74, 6) is 0. The van der Waals surface area contributed by atoms with Gasteiger partial charge in [-0.1, -0.05) is 6.08 Å². The van der Waals surface area contributed by atoms with Crippen molar-refractivity contribution in [2.45, 2.75) is 18.9 Å². The molecule has 1 aliphatic rings. The third kappa shape index (κ3) is 2.11. The van der Waals surface area contributed by atoms with Crippen LogP contribution in [-0.2, 0) is 0 Å². The average Bonchev–Trinajstić information content (AvgIpc) is 2.14. The standard InChI is InChI=1S/C7H13N.BrH/c1-3-7-5-4-6-8(7)2;/h3,7H,1,4-6H2,2H3;1H. The Labute approximate surface area is 67.5 Å². The lowest BCUT2D eigenvalue weighted by Crippen LogP contribution is -2.21. The van der Waals surface area contributed by atoms with E-state index in [4.69, 9.17) is 0 Å². The van der Waals surface area contributed by atoms with Crippen LogP contribution in [-0.4, -0.2) is 24.5 Å². The summed E-state index contributed by atoms with van der Waals surface area (Å²) in [6.45, 7) is 5.00. The minimum Gasteiger partial charge on any atom is -0.300 e. The highest BCUT2D eigenvalue weighted by Gasteiger charge is 2.16. The third-order valence-corrected chi connectivity index (χ3v) is 1.85. The fourth-order valence-corrected chi connectivity index (χ4v) is 1.23. The molecule has 1 unspecified atom stereocenters. The van der Waals surface area contributed by atoms with E-state index in [9.17, 15) is 0 Å². The Hall–Kier alpha value is 0.180. The molecule has 1 saturated heterocycles. The van der Waals surface area contributed by atoms with Crippen molar-refractivity contribution in [3.8, 4) is 0 Å². The molecule has 1 aliphatic heterocycles. The highest BCUT2D eigenvalue weighted by molar-refractivity contribution is 8.93. The topological polar surface area (TPSA) is 3.24 Å². The molecule has 54 valence electrons. The van der Waals surface area contributed by atoms with Crippen LogP contribution >= 0.6 is 17.0 Å². The molecule has 0 N–H and O–H groups in total. The maximum Gasteiger partial charge on any atom is 0.0273 e. The number of rotatable bonds is 1. The van der Waals surface area contributed by atoms with E-state index in [2.05, 4.69) is 18.5 Å². The normalized spacial score (nSPS) is 27.4. The van der Waals surface area contributed by atoms with Gasteiger partial charge in [0.2, 0.25) is 0 Å². The first-order chi connectivity index (χ1) is 3.84. The van der Waals surface area contributed by atoms with Gasteiger partial charge in [0.15, 0.2) is 0 Å². The molecule has 0 aromatic rings. The van der Waals surface area contributed by atoms with Crippen LogP contribution in [0.1, 0.15) is 12.8 Å². The van der Waals surface area contributed by atoms with Gasteiger partial charge in [0, 0.05) is 6.04 Å². The first-order valence-corrected chi connectivity index (χ1v) is 3.17. The van der Waals surface area contributed by atoms with Crippen molar-refractivity contribution in [3.63, 3.8) is 0 Å². The van der Waals surface area contributed by atoms with E-state index in [1.165, 1.54) is 19.4 Å². The van der Waals surface area contributed by atoms with Crippen LogP contribution in [0.15, 0.2) is 12.7 Å². The van der Waals surface area contributed by atoms with E-state index < -0.39 is 0 Å². The Morgan fingerprint density at radius 1 is 1.67 bits per heavy atom. The SMILES string of the molecule is Br.C=CC1CCCN1C. The molecule has 9 heavy (non-hydrogen) atoms. The summed E-state index contributed by atoms with van der Waals surface area (Å²) in [4.78, 5) is 2.34. The largest absolute Gasteiger partial charge is 0.300 e. The van der Waals surface area contributed by atoms with Crippen molar-refractivity contribution in [1.82, 2.24) is 4.90 Å². The fourth-order valence-electron chi connectivity index (χ4n) is 1.23. The van der Waals surface area contributed by atoms with Crippen molar-refractivity contribution >= 4 is 17.0 Å². The molecule has 1 nitrogen and oxygen atoms in total. The second-order valence-electron chi connectivity index (χ2n) is 2.43. The maximum absolute atomic E-state index is 3.75. The second kappa shape index (κ2) is 4.07. The van der Waals surface area contributed by atoms with Crippen LogP contribution in [0.4, 0.5) is 0 Å². The van der Waals surface area contributed by atoms with E-state index >= 15 is 0 Å². The maximum atomic E-state index is 3.75. The summed E-state index contributed by atoms with van der Waals surface area (Å²) >= 11 is 0. The van der Waals surface area contributed by atoms with Crippen LogP contribution in [0.3, 0.4) is 0 Å². The molecule has 0 aromatic heterocycles. The minimum absolute atomic E-state index is 0. The number of nitrogens with zero attached hydrogens (tertiary/aromatic N) is 1. The first kappa shape index (κ1) is 9.18. The van der Waals surface area contributed by atoms with Gasteiger partial charge >= 0.3 is 0 Å². The molecule has 1 atom stereocenters. The zero-order valence-electron chi connectivity index (χ0n) is 5.84. The third-order valence-electron chi connectivity index (χ3n) is 1.85. The molecule has 0 aromatic carbocycles. The van der Waals surface area contributed by atoms with Crippen LogP contribution in [0.2, 0.25) is 0 Å². The number of hydrogen-bond donors (Lipinski definition) is 0. The van der Waals surface area contributed by atoms with E-state index in [-0.39, 0.29) is 17.0 Å². The first-order valence-electron chi connectivity index (χ1n) is 3.17. The molecule has 1 fully saturated rings. The highest BCUT2D eigenvalue weighted by Crippen LogP contribution is 2.14. The van der Waals surface area contributed by atoms with E-state index in [1.807, 2.05) is 6.08 Å². The number of halogens is 1. The van der Waals surface area contributed by atoms with E-state index in [0.717, 1.165) is 0 Å². The molecule has 0 amide bonds. The van der Waals surface area contributed by atoms with Crippen molar-refractivity contribution < 1.29 is 0 Å². The van der Waals surface area contributed by atoms with Gasteiger partial charge in [0.1, 0.15) is 0 Å². The molecular weight excluding hydrogens is 178 g/mol. The Kier molecular flexibility index (Phi) is 4.15. The summed E-state index contributed by atoms with van der Waals surface area (Å²) < 4.78 is 0. The van der Waals surface area contributed by atoms with Gasteiger partial charge < -0.3 is 0 Å². The monoisotopic (exact) mass is 191 g/mol. The van der Waals surface area contributed by atoms with Gasteiger partial charge in [-0.25, -0.2) is 0 Å². The predicted octanol–water partition coefficient (Wildman–Crippen LogP) is 1.84. The van der Waals surface area contributed by atoms with Crippen molar-refractivity contribution in [2.75, 3.05) is 13.6 Å². The molecule has 1 rings (SSSR count). The molecule has 0 aliphatic carbocycles. The van der Waals surface area contributed by atoms with Crippen molar-refractivity contribution in [2.24, 2.45) is 0 Å². The smallest absolute Gasteiger partial charge is 0.0273 e.